The van der Waals surface area contributed by atoms with Crippen LogP contribution < -0.4 is 5.32 Å². The molecule has 1 N–H and O–H groups in total. The van der Waals surface area contributed by atoms with E-state index in [0.717, 1.165) is 5.69 Å². The van der Waals surface area contributed by atoms with Gasteiger partial charge in [0.05, 0.1) is 11.3 Å². The first-order valence-corrected chi connectivity index (χ1v) is 11.0. The lowest BCUT2D eigenvalue weighted by atomic mass is 9.89. The van der Waals surface area contributed by atoms with Gasteiger partial charge in [0.1, 0.15) is 11.6 Å². The second kappa shape index (κ2) is 9.90. The van der Waals surface area contributed by atoms with E-state index in [0.29, 0.717) is 48.3 Å². The first-order chi connectivity index (χ1) is 15.9. The lowest BCUT2D eigenvalue weighted by molar-refractivity contribution is 0.0710. The molecular formula is C26H25F2N3O2. The molecule has 0 spiro atoms. The summed E-state index contributed by atoms with van der Waals surface area (Å²) >= 11 is 0. The van der Waals surface area contributed by atoms with Gasteiger partial charge < -0.3 is 10.2 Å². The van der Waals surface area contributed by atoms with Crippen molar-refractivity contribution in [3.05, 3.63) is 100 Å². The van der Waals surface area contributed by atoms with Crippen LogP contribution in [0.4, 0.5) is 8.78 Å². The number of halogens is 2. The van der Waals surface area contributed by atoms with Crippen LogP contribution in [0.25, 0.3) is 0 Å². The van der Waals surface area contributed by atoms with Crippen molar-refractivity contribution < 1.29 is 18.4 Å². The van der Waals surface area contributed by atoms with Gasteiger partial charge in [-0.1, -0.05) is 24.3 Å². The van der Waals surface area contributed by atoms with Crippen LogP contribution in [0.1, 0.15) is 56.4 Å². The Kier molecular flexibility index (Phi) is 6.77. The van der Waals surface area contributed by atoms with Crippen LogP contribution in [-0.2, 0) is 6.54 Å². The maximum absolute atomic E-state index is 13.9. The number of carbonyl (C=O) groups is 2. The normalized spacial score (nSPS) is 14.2. The number of carbonyl (C=O) groups excluding carboxylic acids is 2. The molecule has 2 amide bonds. The topological polar surface area (TPSA) is 62.3 Å². The molecule has 7 heteroatoms. The minimum Gasteiger partial charge on any atom is -0.348 e. The third kappa shape index (κ3) is 5.25. The van der Waals surface area contributed by atoms with Crippen molar-refractivity contribution in [1.29, 1.82) is 0 Å². The Labute approximate surface area is 191 Å². The molecule has 0 saturated carbocycles. The maximum atomic E-state index is 13.9. The van der Waals surface area contributed by atoms with Crippen LogP contribution in [0.3, 0.4) is 0 Å². The summed E-state index contributed by atoms with van der Waals surface area (Å²) in [5, 5.41) is 2.79. The summed E-state index contributed by atoms with van der Waals surface area (Å²) in [4.78, 5) is 32.0. The molecule has 0 radical (unpaired) electrons. The zero-order valence-corrected chi connectivity index (χ0v) is 18.4. The number of hydrogen-bond acceptors (Lipinski definition) is 3. The minimum absolute atomic E-state index is 0.00988. The molecule has 1 aliphatic rings. The molecule has 33 heavy (non-hydrogen) atoms. The number of benzene rings is 2. The number of piperidine rings is 1. The number of nitrogens with one attached hydrogen (secondary N) is 1. The van der Waals surface area contributed by atoms with E-state index in [-0.39, 0.29) is 30.1 Å². The average molecular weight is 450 g/mol. The molecule has 4 rings (SSSR count). The van der Waals surface area contributed by atoms with Crippen LogP contribution in [-0.4, -0.2) is 34.8 Å². The Morgan fingerprint density at radius 1 is 1.03 bits per heavy atom. The Morgan fingerprint density at radius 2 is 1.79 bits per heavy atom. The molecule has 2 aromatic carbocycles. The first-order valence-electron chi connectivity index (χ1n) is 11.0. The molecule has 5 nitrogen and oxygen atoms in total. The van der Waals surface area contributed by atoms with Gasteiger partial charge >= 0.3 is 0 Å². The third-order valence-corrected chi connectivity index (χ3v) is 5.95. The molecule has 0 aliphatic carbocycles. The van der Waals surface area contributed by atoms with Gasteiger partial charge in [-0.3, -0.25) is 14.6 Å². The molecule has 1 fully saturated rings. The lowest BCUT2D eigenvalue weighted by Gasteiger charge is -2.32. The predicted molar refractivity (Wildman–Crippen MR) is 121 cm³/mol. The number of aromatic nitrogens is 1. The van der Waals surface area contributed by atoms with Gasteiger partial charge in [-0.05, 0) is 56.2 Å². The largest absolute Gasteiger partial charge is 0.348 e. The highest BCUT2D eigenvalue weighted by Crippen LogP contribution is 2.30. The molecule has 3 aromatic rings. The number of pyridine rings is 1. The van der Waals surface area contributed by atoms with Crippen molar-refractivity contribution >= 4 is 11.8 Å². The summed E-state index contributed by atoms with van der Waals surface area (Å²) in [6.45, 7) is 2.93. The van der Waals surface area contributed by atoms with Gasteiger partial charge in [-0.15, -0.1) is 0 Å². The first kappa shape index (κ1) is 22.6. The fourth-order valence-corrected chi connectivity index (χ4v) is 4.15. The maximum Gasteiger partial charge on any atom is 0.253 e. The fourth-order valence-electron chi connectivity index (χ4n) is 4.15. The monoisotopic (exact) mass is 449 g/mol. The van der Waals surface area contributed by atoms with Crippen LogP contribution in [0.5, 0.6) is 0 Å². The third-order valence-electron chi connectivity index (χ3n) is 5.95. The molecular weight excluding hydrogens is 424 g/mol. The fraction of sp³-hybridized carbons (Fsp3) is 0.269. The van der Waals surface area contributed by atoms with Crippen molar-refractivity contribution in [3.8, 4) is 0 Å². The Hall–Kier alpha value is -3.61. The SMILES string of the molecule is Cc1ccc(C(=O)NCc2ccccc2F)c(C2CCN(C(=O)c3cccc(F)c3)CC2)n1. The molecule has 1 aliphatic heterocycles. The average Bonchev–Trinajstić information content (AvgIpc) is 2.83. The van der Waals surface area contributed by atoms with Crippen molar-refractivity contribution in [2.24, 2.45) is 0 Å². The zero-order chi connectivity index (χ0) is 23.4. The Balaban J connectivity index is 1.45. The van der Waals surface area contributed by atoms with E-state index in [2.05, 4.69) is 10.3 Å². The van der Waals surface area contributed by atoms with E-state index < -0.39 is 5.82 Å². The van der Waals surface area contributed by atoms with Crippen molar-refractivity contribution in [2.45, 2.75) is 32.2 Å². The second-order valence-corrected chi connectivity index (χ2v) is 8.24. The van der Waals surface area contributed by atoms with Gasteiger partial charge in [0, 0.05) is 42.4 Å². The van der Waals surface area contributed by atoms with Crippen LogP contribution >= 0.6 is 0 Å². The molecule has 0 bridgehead atoms. The van der Waals surface area contributed by atoms with Crippen molar-refractivity contribution in [3.63, 3.8) is 0 Å². The summed E-state index contributed by atoms with van der Waals surface area (Å²) in [6, 6.07) is 15.5. The summed E-state index contributed by atoms with van der Waals surface area (Å²) in [7, 11) is 0. The van der Waals surface area contributed by atoms with E-state index in [4.69, 9.17) is 0 Å². The predicted octanol–water partition coefficient (Wildman–Crippen LogP) is 4.62. The molecule has 170 valence electrons. The van der Waals surface area contributed by atoms with Crippen LogP contribution in [0.15, 0.2) is 60.7 Å². The number of nitrogens with zero attached hydrogens (tertiary/aromatic N) is 2. The van der Waals surface area contributed by atoms with E-state index in [9.17, 15) is 18.4 Å². The van der Waals surface area contributed by atoms with E-state index >= 15 is 0 Å². The number of aryl methyl sites for hydroxylation is 1. The molecule has 1 saturated heterocycles. The molecule has 0 atom stereocenters. The van der Waals surface area contributed by atoms with E-state index in [1.165, 1.54) is 24.3 Å². The van der Waals surface area contributed by atoms with E-state index in [1.54, 1.807) is 41.3 Å². The molecule has 0 unspecified atom stereocenters. The highest BCUT2D eigenvalue weighted by atomic mass is 19.1. The van der Waals surface area contributed by atoms with Crippen LogP contribution in [0, 0.1) is 18.6 Å². The summed E-state index contributed by atoms with van der Waals surface area (Å²) in [5.41, 5.74) is 2.70. The van der Waals surface area contributed by atoms with Gasteiger partial charge in [-0.25, -0.2) is 8.78 Å². The smallest absolute Gasteiger partial charge is 0.253 e. The number of hydrogen-bond donors (Lipinski definition) is 1. The summed E-state index contributed by atoms with van der Waals surface area (Å²) < 4.78 is 27.4. The highest BCUT2D eigenvalue weighted by Gasteiger charge is 2.28. The standard InChI is InChI=1S/C26H25F2N3O2/c1-17-9-10-22(25(32)29-16-20-5-2-3-8-23(20)28)24(30-17)18-11-13-31(14-12-18)26(33)19-6-4-7-21(27)15-19/h2-10,15,18H,11-14,16H2,1H3,(H,29,32). The van der Waals surface area contributed by atoms with Gasteiger partial charge in [0.15, 0.2) is 0 Å². The number of likely N-dealkylation sites (tertiary alicyclic amines) is 1. The second-order valence-electron chi connectivity index (χ2n) is 8.24. The number of amides is 2. The molecule has 2 heterocycles. The molecule has 1 aromatic heterocycles. The van der Waals surface area contributed by atoms with Crippen molar-refractivity contribution in [1.82, 2.24) is 15.2 Å². The number of rotatable bonds is 5. The van der Waals surface area contributed by atoms with Crippen molar-refractivity contribution in [2.75, 3.05) is 13.1 Å². The van der Waals surface area contributed by atoms with Crippen LogP contribution in [0.2, 0.25) is 0 Å². The zero-order valence-electron chi connectivity index (χ0n) is 18.4. The van der Waals surface area contributed by atoms with Gasteiger partial charge in [-0.2, -0.15) is 0 Å². The van der Waals surface area contributed by atoms with Gasteiger partial charge in [0.2, 0.25) is 0 Å². The van der Waals surface area contributed by atoms with E-state index in [1.807, 2.05) is 6.92 Å². The summed E-state index contributed by atoms with van der Waals surface area (Å²) in [6.07, 6.45) is 1.29. The highest BCUT2D eigenvalue weighted by molar-refractivity contribution is 5.95. The lowest BCUT2D eigenvalue weighted by Crippen LogP contribution is -2.38. The Morgan fingerprint density at radius 3 is 2.52 bits per heavy atom. The Bertz CT molecular complexity index is 1170. The minimum atomic E-state index is -0.439. The van der Waals surface area contributed by atoms with Gasteiger partial charge in [0.25, 0.3) is 11.8 Å². The summed E-state index contributed by atoms with van der Waals surface area (Å²) in [5.74, 6) is -1.30. The quantitative estimate of drug-likeness (QED) is 0.618.